The lowest BCUT2D eigenvalue weighted by Crippen LogP contribution is -2.45. The Hall–Kier alpha value is -4.62. The number of hydrogen-bond donors (Lipinski definition) is 3. The van der Waals surface area contributed by atoms with Crippen molar-refractivity contribution in [3.8, 4) is 0 Å². The number of hydrogen-bond acceptors (Lipinski definition) is 9. The van der Waals surface area contributed by atoms with E-state index in [2.05, 4.69) is 31.2 Å². The highest BCUT2D eigenvalue weighted by Crippen LogP contribution is 2.23. The van der Waals surface area contributed by atoms with Gasteiger partial charge in [0.2, 0.25) is 11.8 Å². The molecule has 0 radical (unpaired) electrons. The summed E-state index contributed by atoms with van der Waals surface area (Å²) in [6.07, 6.45) is 1.82. The molecule has 0 saturated carbocycles. The number of alkyl carbamates (subject to hydrolysis) is 1. The number of nitrogens with zero attached hydrogens (tertiary/aromatic N) is 5. The van der Waals surface area contributed by atoms with Crippen LogP contribution in [-0.2, 0) is 20.9 Å². The van der Waals surface area contributed by atoms with Crippen molar-refractivity contribution >= 4 is 40.4 Å². The summed E-state index contributed by atoms with van der Waals surface area (Å²) in [6.45, 7) is 7.69. The van der Waals surface area contributed by atoms with Crippen molar-refractivity contribution in [2.45, 2.75) is 65.1 Å². The Morgan fingerprint density at radius 3 is 2.69 bits per heavy atom. The number of carbonyl (C=O) groups excluding carboxylic acids is 4. The van der Waals surface area contributed by atoms with Crippen molar-refractivity contribution in [1.82, 2.24) is 35.2 Å². The number of anilines is 1. The summed E-state index contributed by atoms with van der Waals surface area (Å²) < 4.78 is 7.94. The molecule has 1 aliphatic rings. The van der Waals surface area contributed by atoms with Crippen LogP contribution in [0.15, 0.2) is 29.2 Å². The van der Waals surface area contributed by atoms with E-state index in [9.17, 15) is 24.0 Å². The van der Waals surface area contributed by atoms with Crippen LogP contribution in [0.1, 0.15) is 62.4 Å². The molecule has 0 aliphatic carbocycles. The normalized spacial score (nSPS) is 15.6. The van der Waals surface area contributed by atoms with Crippen LogP contribution < -0.4 is 21.5 Å². The number of ether oxygens (including phenoxy) is 1. The topological polar surface area (TPSA) is 179 Å². The molecular formula is C25H30N8O6. The van der Waals surface area contributed by atoms with Crippen molar-refractivity contribution in [2.24, 2.45) is 0 Å². The monoisotopic (exact) mass is 538 g/mol. The molecule has 1 unspecified atom stereocenters. The Kier molecular flexibility index (Phi) is 7.74. The number of benzene rings is 1. The lowest BCUT2D eigenvalue weighted by molar-refractivity contribution is -0.135. The quantitative estimate of drug-likeness (QED) is 0.296. The van der Waals surface area contributed by atoms with Crippen LogP contribution in [0.2, 0.25) is 0 Å². The van der Waals surface area contributed by atoms with Crippen molar-refractivity contribution in [3.05, 3.63) is 46.3 Å². The van der Waals surface area contributed by atoms with Gasteiger partial charge in [-0.25, -0.2) is 9.78 Å². The van der Waals surface area contributed by atoms with Gasteiger partial charge in [-0.3, -0.25) is 33.7 Å². The second kappa shape index (κ2) is 11.0. The highest BCUT2D eigenvalue weighted by atomic mass is 16.6. The summed E-state index contributed by atoms with van der Waals surface area (Å²) >= 11 is 0. The van der Waals surface area contributed by atoms with E-state index in [0.29, 0.717) is 25.2 Å². The number of rotatable bonds is 7. The molecule has 14 heteroatoms. The van der Waals surface area contributed by atoms with Gasteiger partial charge in [-0.15, -0.1) is 5.10 Å². The zero-order chi connectivity index (χ0) is 28.3. The maximum atomic E-state index is 13.3. The Bertz CT molecular complexity index is 1500. The minimum absolute atomic E-state index is 0.0562. The molecule has 3 N–H and O–H groups in total. The number of nitrogens with one attached hydrogen (secondary N) is 3. The number of amides is 4. The summed E-state index contributed by atoms with van der Waals surface area (Å²) in [5.41, 5.74) is -0.419. The van der Waals surface area contributed by atoms with E-state index in [1.165, 1.54) is 15.4 Å². The van der Waals surface area contributed by atoms with Gasteiger partial charge in [0.15, 0.2) is 5.69 Å². The Balaban J connectivity index is 1.44. The van der Waals surface area contributed by atoms with Crippen molar-refractivity contribution in [2.75, 3.05) is 11.9 Å². The van der Waals surface area contributed by atoms with Crippen molar-refractivity contribution in [1.29, 1.82) is 0 Å². The van der Waals surface area contributed by atoms with Gasteiger partial charge in [0.1, 0.15) is 23.0 Å². The number of para-hydroxylation sites is 1. The third kappa shape index (κ3) is 6.45. The highest BCUT2D eigenvalue weighted by molar-refractivity contribution is 6.07. The second-order valence-corrected chi connectivity index (χ2v) is 10.1. The lowest BCUT2D eigenvalue weighted by Gasteiger charge is -2.24. The number of imide groups is 1. The maximum absolute atomic E-state index is 13.3. The SMILES string of the molecule is Cc1nc2c(NC(=O)c3cn(CCCNC(=O)OC(C)(C)C)nn3)cccc2c(=O)n1C1CCC(=O)NC1=O. The molecule has 3 aromatic rings. The molecule has 4 amide bonds. The Labute approximate surface area is 223 Å². The van der Waals surface area contributed by atoms with Crippen LogP contribution >= 0.6 is 0 Å². The van der Waals surface area contributed by atoms with Crippen LogP contribution in [0.3, 0.4) is 0 Å². The molecule has 14 nitrogen and oxygen atoms in total. The van der Waals surface area contributed by atoms with E-state index in [1.54, 1.807) is 45.9 Å². The Morgan fingerprint density at radius 2 is 1.97 bits per heavy atom. The summed E-state index contributed by atoms with van der Waals surface area (Å²) in [5.74, 6) is -1.20. The summed E-state index contributed by atoms with van der Waals surface area (Å²) in [4.78, 5) is 66.3. The average Bonchev–Trinajstić information content (AvgIpc) is 3.32. The third-order valence-corrected chi connectivity index (χ3v) is 5.88. The summed E-state index contributed by atoms with van der Waals surface area (Å²) in [5, 5.41) is 15.7. The molecule has 4 rings (SSSR count). The molecule has 0 bridgehead atoms. The van der Waals surface area contributed by atoms with Gasteiger partial charge in [0, 0.05) is 19.5 Å². The number of aryl methyl sites for hydroxylation is 2. The van der Waals surface area contributed by atoms with E-state index < -0.39 is 35.1 Å². The van der Waals surface area contributed by atoms with Gasteiger partial charge >= 0.3 is 6.09 Å². The first kappa shape index (κ1) is 27.4. The highest BCUT2D eigenvalue weighted by Gasteiger charge is 2.30. The number of fused-ring (bicyclic) bond motifs is 1. The first-order valence-corrected chi connectivity index (χ1v) is 12.5. The Morgan fingerprint density at radius 1 is 1.21 bits per heavy atom. The van der Waals surface area contributed by atoms with Crippen LogP contribution in [0.25, 0.3) is 10.9 Å². The van der Waals surface area contributed by atoms with Gasteiger partial charge in [-0.2, -0.15) is 0 Å². The standard InChI is InChI=1S/C25H30N8O6/c1-14-27-20-15(23(37)33(14)18-9-10-19(34)29-22(18)36)7-5-8-16(20)28-21(35)17-13-32(31-30-17)12-6-11-26-24(38)39-25(2,3)4/h5,7-8,13,18H,6,9-12H2,1-4H3,(H,26,38)(H,28,35)(H,29,34,36). The fourth-order valence-electron chi connectivity index (χ4n) is 4.17. The van der Waals surface area contributed by atoms with Crippen LogP contribution in [0.5, 0.6) is 0 Å². The van der Waals surface area contributed by atoms with E-state index in [1.807, 2.05) is 0 Å². The average molecular weight is 539 g/mol. The zero-order valence-corrected chi connectivity index (χ0v) is 22.1. The molecule has 1 fully saturated rings. The molecule has 2 aromatic heterocycles. The van der Waals surface area contributed by atoms with Gasteiger partial charge in [0.25, 0.3) is 11.5 Å². The van der Waals surface area contributed by atoms with Crippen LogP contribution in [-0.4, -0.2) is 60.5 Å². The summed E-state index contributed by atoms with van der Waals surface area (Å²) in [7, 11) is 0. The minimum atomic E-state index is -0.847. The van der Waals surface area contributed by atoms with Gasteiger partial charge in [0.05, 0.1) is 17.3 Å². The number of carbonyl (C=O) groups is 4. The fraction of sp³-hybridized carbons (Fsp3) is 0.440. The van der Waals surface area contributed by atoms with E-state index in [0.717, 1.165) is 0 Å². The van der Waals surface area contributed by atoms with E-state index >= 15 is 0 Å². The van der Waals surface area contributed by atoms with Crippen molar-refractivity contribution < 1.29 is 23.9 Å². The van der Waals surface area contributed by atoms with E-state index in [4.69, 9.17) is 4.74 Å². The molecule has 3 heterocycles. The lowest BCUT2D eigenvalue weighted by atomic mass is 10.1. The van der Waals surface area contributed by atoms with Gasteiger partial charge in [-0.05, 0) is 52.7 Å². The van der Waals surface area contributed by atoms with Crippen molar-refractivity contribution in [3.63, 3.8) is 0 Å². The molecule has 39 heavy (non-hydrogen) atoms. The number of piperidine rings is 1. The van der Waals surface area contributed by atoms with Crippen LogP contribution in [0.4, 0.5) is 10.5 Å². The minimum Gasteiger partial charge on any atom is -0.444 e. The number of aromatic nitrogens is 5. The molecule has 1 aliphatic heterocycles. The third-order valence-electron chi connectivity index (χ3n) is 5.88. The molecule has 1 saturated heterocycles. The first-order valence-electron chi connectivity index (χ1n) is 12.5. The largest absolute Gasteiger partial charge is 0.444 e. The molecular weight excluding hydrogens is 508 g/mol. The van der Waals surface area contributed by atoms with Gasteiger partial charge in [-0.1, -0.05) is 11.3 Å². The van der Waals surface area contributed by atoms with Crippen LogP contribution in [0, 0.1) is 6.92 Å². The first-order chi connectivity index (χ1) is 18.4. The predicted octanol–water partition coefficient (Wildman–Crippen LogP) is 1.44. The second-order valence-electron chi connectivity index (χ2n) is 10.1. The molecule has 206 valence electrons. The molecule has 1 atom stereocenters. The van der Waals surface area contributed by atoms with E-state index in [-0.39, 0.29) is 41.2 Å². The van der Waals surface area contributed by atoms with Gasteiger partial charge < -0.3 is 15.4 Å². The smallest absolute Gasteiger partial charge is 0.407 e. The predicted molar refractivity (Wildman–Crippen MR) is 139 cm³/mol. The maximum Gasteiger partial charge on any atom is 0.407 e. The molecule has 1 aromatic carbocycles. The molecule has 0 spiro atoms. The summed E-state index contributed by atoms with van der Waals surface area (Å²) in [6, 6.07) is 3.92. The fourth-order valence-corrected chi connectivity index (χ4v) is 4.17. The zero-order valence-electron chi connectivity index (χ0n) is 22.1.